The Balaban J connectivity index is 1.75. The lowest BCUT2D eigenvalue weighted by Gasteiger charge is -2.33. The quantitative estimate of drug-likeness (QED) is 0.322. The van der Waals surface area contributed by atoms with Crippen molar-refractivity contribution in [3.05, 3.63) is 71.3 Å². The highest BCUT2D eigenvalue weighted by Gasteiger charge is 2.38. The molecule has 0 aliphatic carbocycles. The van der Waals surface area contributed by atoms with Crippen LogP contribution in [0.2, 0.25) is 0 Å². The van der Waals surface area contributed by atoms with Crippen LogP contribution in [0.15, 0.2) is 54.6 Å². The summed E-state index contributed by atoms with van der Waals surface area (Å²) in [6.07, 6.45) is 0.0871. The van der Waals surface area contributed by atoms with Crippen LogP contribution in [0.5, 0.6) is 0 Å². The Kier molecular flexibility index (Phi) is 11.3. The molecule has 1 heterocycles. The van der Waals surface area contributed by atoms with E-state index in [2.05, 4.69) is 15.5 Å². The molecule has 2 amide bonds. The second kappa shape index (κ2) is 14.4. The van der Waals surface area contributed by atoms with Gasteiger partial charge in [0.2, 0.25) is 5.91 Å². The molecule has 4 N–H and O–H groups in total. The number of aliphatic hydroxyl groups excluding tert-OH is 2. The average molecular weight is 524 g/mol. The molecule has 0 radical (unpaired) electrons. The van der Waals surface area contributed by atoms with Gasteiger partial charge >= 0.3 is 0 Å². The van der Waals surface area contributed by atoms with Gasteiger partial charge in [-0.1, -0.05) is 70.2 Å². The van der Waals surface area contributed by atoms with Gasteiger partial charge in [0.05, 0.1) is 18.1 Å². The fourth-order valence-corrected chi connectivity index (χ4v) is 5.06. The summed E-state index contributed by atoms with van der Waals surface area (Å²) in [7, 11) is 0. The van der Waals surface area contributed by atoms with Crippen molar-refractivity contribution in [1.82, 2.24) is 15.5 Å². The highest BCUT2D eigenvalue weighted by Crippen LogP contribution is 2.22. The molecule has 1 fully saturated rings. The summed E-state index contributed by atoms with van der Waals surface area (Å²) in [5, 5.41) is 28.4. The fraction of sp³-hybridized carbons (Fsp3) is 0.548. The maximum Gasteiger partial charge on any atom is 0.251 e. The second-order valence-electron chi connectivity index (χ2n) is 11.3. The number of carbonyl (C=O) groups excluding carboxylic acids is 2. The normalized spacial score (nSPS) is 17.3. The fourth-order valence-electron chi connectivity index (χ4n) is 5.06. The van der Waals surface area contributed by atoms with Gasteiger partial charge in [-0.2, -0.15) is 0 Å². The minimum Gasteiger partial charge on any atom is -0.390 e. The van der Waals surface area contributed by atoms with Gasteiger partial charge in [-0.05, 0) is 67.4 Å². The molecule has 7 nitrogen and oxygen atoms in total. The van der Waals surface area contributed by atoms with Crippen LogP contribution in [0.25, 0.3) is 0 Å². The molecular formula is C31H45N3O4. The summed E-state index contributed by atoms with van der Waals surface area (Å²) < 4.78 is 0. The number of aliphatic hydroxyl groups is 2. The molecule has 0 bridgehead atoms. The molecule has 3 rings (SSSR count). The third-order valence-electron chi connectivity index (χ3n) is 7.27. The Morgan fingerprint density at radius 3 is 2.08 bits per heavy atom. The lowest BCUT2D eigenvalue weighted by molar-refractivity contribution is -0.135. The molecule has 4 atom stereocenters. The summed E-state index contributed by atoms with van der Waals surface area (Å²) in [5.74, 6) is -1.37. The highest BCUT2D eigenvalue weighted by molar-refractivity contribution is 5.94. The molecule has 0 spiro atoms. The standard InChI is InChI=1S/C31H45N3O4/c1-21(2)19-32-31(38)27(22(3)4)29(36)28(35)26(18-23-10-6-5-7-11-23)33-30(37)25-14-12-24(13-15-25)20-34-16-8-9-17-34/h5-7,10-15,21-22,26-29,35-36H,8-9,16-20H2,1-4H3,(H,32,38)(H,33,37)/t26-,27+,28+,29+/m0/s1. The average Bonchev–Trinajstić information content (AvgIpc) is 3.40. The van der Waals surface area contributed by atoms with E-state index in [-0.39, 0.29) is 23.7 Å². The topological polar surface area (TPSA) is 102 Å². The zero-order valence-corrected chi connectivity index (χ0v) is 23.3. The number of nitrogens with one attached hydrogen (secondary N) is 2. The van der Waals surface area contributed by atoms with Crippen LogP contribution in [-0.2, 0) is 17.8 Å². The maximum absolute atomic E-state index is 13.2. The van der Waals surface area contributed by atoms with Gasteiger partial charge in [0.25, 0.3) is 5.91 Å². The number of hydrogen-bond acceptors (Lipinski definition) is 5. The largest absolute Gasteiger partial charge is 0.390 e. The Morgan fingerprint density at radius 1 is 0.868 bits per heavy atom. The first-order valence-corrected chi connectivity index (χ1v) is 14.0. The molecule has 0 unspecified atom stereocenters. The Hall–Kier alpha value is -2.74. The van der Waals surface area contributed by atoms with Crippen molar-refractivity contribution in [2.24, 2.45) is 17.8 Å². The molecule has 38 heavy (non-hydrogen) atoms. The third kappa shape index (κ3) is 8.65. The number of rotatable bonds is 13. The zero-order chi connectivity index (χ0) is 27.7. The number of amides is 2. The van der Waals surface area contributed by atoms with Gasteiger partial charge in [0.1, 0.15) is 6.10 Å². The van der Waals surface area contributed by atoms with Crippen LogP contribution in [-0.4, -0.2) is 64.8 Å². The molecular weight excluding hydrogens is 478 g/mol. The van der Waals surface area contributed by atoms with Crippen LogP contribution in [0.4, 0.5) is 0 Å². The number of likely N-dealkylation sites (tertiary alicyclic amines) is 1. The second-order valence-corrected chi connectivity index (χ2v) is 11.3. The van der Waals surface area contributed by atoms with Crippen molar-refractivity contribution >= 4 is 11.8 Å². The summed E-state index contributed by atoms with van der Waals surface area (Å²) in [6, 6.07) is 16.3. The van der Waals surface area contributed by atoms with Crippen LogP contribution in [0.1, 0.15) is 62.0 Å². The van der Waals surface area contributed by atoms with E-state index >= 15 is 0 Å². The molecule has 1 aliphatic heterocycles. The van der Waals surface area contributed by atoms with Crippen LogP contribution in [0.3, 0.4) is 0 Å². The minimum atomic E-state index is -1.35. The lowest BCUT2D eigenvalue weighted by atomic mass is 9.83. The van der Waals surface area contributed by atoms with Crippen molar-refractivity contribution in [3.63, 3.8) is 0 Å². The number of carbonyl (C=O) groups is 2. The van der Waals surface area contributed by atoms with E-state index in [1.807, 2.05) is 70.2 Å². The molecule has 0 saturated carbocycles. The van der Waals surface area contributed by atoms with Crippen LogP contribution < -0.4 is 10.6 Å². The number of nitrogens with zero attached hydrogens (tertiary/aromatic N) is 1. The Labute approximate surface area is 227 Å². The highest BCUT2D eigenvalue weighted by atomic mass is 16.3. The zero-order valence-electron chi connectivity index (χ0n) is 23.3. The molecule has 2 aromatic rings. The van der Waals surface area contributed by atoms with Crippen molar-refractivity contribution in [2.75, 3.05) is 19.6 Å². The van der Waals surface area contributed by atoms with Gasteiger partial charge in [-0.25, -0.2) is 0 Å². The molecule has 1 saturated heterocycles. The van der Waals surface area contributed by atoms with Crippen molar-refractivity contribution in [1.29, 1.82) is 0 Å². The first kappa shape index (κ1) is 29.8. The van der Waals surface area contributed by atoms with E-state index in [9.17, 15) is 19.8 Å². The smallest absolute Gasteiger partial charge is 0.251 e. The summed E-state index contributed by atoms with van der Waals surface area (Å²) in [4.78, 5) is 28.6. The Morgan fingerprint density at radius 2 is 1.50 bits per heavy atom. The van der Waals surface area contributed by atoms with Gasteiger partial charge < -0.3 is 20.8 Å². The summed E-state index contributed by atoms with van der Waals surface area (Å²) in [5.41, 5.74) is 2.56. The van der Waals surface area contributed by atoms with Crippen molar-refractivity contribution in [3.8, 4) is 0 Å². The molecule has 1 aliphatic rings. The van der Waals surface area contributed by atoms with Gasteiger partial charge in [-0.3, -0.25) is 14.5 Å². The molecule has 7 heteroatoms. The Bertz CT molecular complexity index is 1000. The molecule has 208 valence electrons. The third-order valence-corrected chi connectivity index (χ3v) is 7.27. The van der Waals surface area contributed by atoms with E-state index in [0.29, 0.717) is 18.5 Å². The SMILES string of the molecule is CC(C)CNC(=O)[C@H](C(C)C)[C@@H](O)[C@H](O)[C@H](Cc1ccccc1)NC(=O)c1ccc(CN2CCCC2)cc1. The van der Waals surface area contributed by atoms with E-state index in [1.54, 1.807) is 12.1 Å². The van der Waals surface area contributed by atoms with Gasteiger partial charge in [-0.15, -0.1) is 0 Å². The molecule has 0 aromatic heterocycles. The summed E-state index contributed by atoms with van der Waals surface area (Å²) in [6.45, 7) is 11.3. The summed E-state index contributed by atoms with van der Waals surface area (Å²) >= 11 is 0. The first-order chi connectivity index (χ1) is 18.2. The van der Waals surface area contributed by atoms with E-state index < -0.39 is 24.2 Å². The van der Waals surface area contributed by atoms with Crippen molar-refractivity contribution < 1.29 is 19.8 Å². The van der Waals surface area contributed by atoms with Crippen molar-refractivity contribution in [2.45, 2.75) is 71.8 Å². The number of benzene rings is 2. The predicted octanol–water partition coefficient (Wildman–Crippen LogP) is 3.39. The van der Waals surface area contributed by atoms with Crippen LogP contribution >= 0.6 is 0 Å². The monoisotopic (exact) mass is 523 g/mol. The number of hydrogen-bond donors (Lipinski definition) is 4. The molecule has 2 aromatic carbocycles. The van der Waals surface area contributed by atoms with Crippen LogP contribution in [0, 0.1) is 17.8 Å². The van der Waals surface area contributed by atoms with E-state index in [0.717, 1.165) is 30.8 Å². The lowest BCUT2D eigenvalue weighted by Crippen LogP contribution is -2.55. The van der Waals surface area contributed by atoms with E-state index in [4.69, 9.17) is 0 Å². The maximum atomic E-state index is 13.2. The van der Waals surface area contributed by atoms with Gasteiger partial charge in [0.15, 0.2) is 0 Å². The first-order valence-electron chi connectivity index (χ1n) is 14.0. The van der Waals surface area contributed by atoms with E-state index in [1.165, 1.54) is 12.8 Å². The predicted molar refractivity (Wildman–Crippen MR) is 151 cm³/mol. The van der Waals surface area contributed by atoms with Gasteiger partial charge in [0, 0.05) is 18.7 Å². The minimum absolute atomic E-state index is 0.206.